The lowest BCUT2D eigenvalue weighted by atomic mass is 10.0. The summed E-state index contributed by atoms with van der Waals surface area (Å²) in [5.74, 6) is -1.13. The van der Waals surface area contributed by atoms with Crippen LogP contribution in [-0.2, 0) is 4.74 Å². The molecule has 1 rings (SSSR count). The van der Waals surface area contributed by atoms with Gasteiger partial charge >= 0.3 is 0 Å². The van der Waals surface area contributed by atoms with Gasteiger partial charge in [-0.3, -0.25) is 0 Å². The Morgan fingerprint density at radius 2 is 2.20 bits per heavy atom. The molecule has 1 aliphatic heterocycles. The van der Waals surface area contributed by atoms with E-state index in [-0.39, 0.29) is 6.10 Å². The Kier molecular flexibility index (Phi) is 1.99. The van der Waals surface area contributed by atoms with Crippen LogP contribution >= 0.6 is 0 Å². The van der Waals surface area contributed by atoms with Gasteiger partial charge < -0.3 is 14.9 Å². The van der Waals surface area contributed by atoms with Crippen LogP contribution in [0.4, 0.5) is 0 Å². The summed E-state index contributed by atoms with van der Waals surface area (Å²) in [7, 11) is 0. The fraction of sp³-hybridized carbons (Fsp3) is 1.00. The number of rotatable bonds is 0. The number of hydrogen-bond donors (Lipinski definition) is 2. The zero-order valence-electron chi connectivity index (χ0n) is 6.37. The van der Waals surface area contributed by atoms with Gasteiger partial charge in [0.1, 0.15) is 0 Å². The smallest absolute Gasteiger partial charge is 0.165 e. The van der Waals surface area contributed by atoms with Crippen molar-refractivity contribution in [3.8, 4) is 0 Å². The summed E-state index contributed by atoms with van der Waals surface area (Å²) in [6, 6.07) is 0. The van der Waals surface area contributed by atoms with E-state index < -0.39 is 11.9 Å². The number of aliphatic hydroxyl groups excluding tert-OH is 1. The second kappa shape index (κ2) is 2.49. The van der Waals surface area contributed by atoms with Crippen LogP contribution in [-0.4, -0.2) is 28.2 Å². The molecule has 0 saturated carbocycles. The van der Waals surface area contributed by atoms with Crippen LogP contribution in [0.2, 0.25) is 0 Å². The normalized spacial score (nSPS) is 49.2. The quantitative estimate of drug-likeness (QED) is 0.515. The van der Waals surface area contributed by atoms with Gasteiger partial charge in [0.15, 0.2) is 5.79 Å². The highest BCUT2D eigenvalue weighted by Crippen LogP contribution is 2.25. The van der Waals surface area contributed by atoms with E-state index in [1.165, 1.54) is 0 Å². The molecule has 0 radical (unpaired) electrons. The summed E-state index contributed by atoms with van der Waals surface area (Å²) in [6.45, 7) is 3.42. The van der Waals surface area contributed by atoms with Crippen LogP contribution in [0.25, 0.3) is 0 Å². The lowest BCUT2D eigenvalue weighted by molar-refractivity contribution is -0.256. The Morgan fingerprint density at radius 1 is 1.60 bits per heavy atom. The Hall–Kier alpha value is -0.120. The number of hydrogen-bond acceptors (Lipinski definition) is 3. The maximum Gasteiger partial charge on any atom is 0.165 e. The SMILES string of the molecule is CC1C[C@H](O)C[C@@](C)(O)O1. The molecule has 3 nitrogen and oxygen atoms in total. The second-order valence-corrected chi connectivity index (χ2v) is 3.20. The first-order valence-electron chi connectivity index (χ1n) is 3.58. The van der Waals surface area contributed by atoms with E-state index in [1.807, 2.05) is 6.92 Å². The summed E-state index contributed by atoms with van der Waals surface area (Å²) in [4.78, 5) is 0. The maximum atomic E-state index is 9.33. The molecule has 0 aromatic carbocycles. The lowest BCUT2D eigenvalue weighted by Gasteiger charge is -2.35. The lowest BCUT2D eigenvalue weighted by Crippen LogP contribution is -2.42. The summed E-state index contributed by atoms with van der Waals surface area (Å²) in [5.41, 5.74) is 0. The van der Waals surface area contributed by atoms with E-state index in [0.717, 1.165) is 0 Å². The standard InChI is InChI=1S/C7H14O3/c1-5-3-6(8)4-7(2,9)10-5/h5-6,8-9H,3-4H2,1-2H3/t5?,6-,7-/m0/s1. The van der Waals surface area contributed by atoms with E-state index in [4.69, 9.17) is 4.74 Å². The molecule has 0 aromatic heterocycles. The van der Waals surface area contributed by atoms with Crippen LogP contribution in [0.5, 0.6) is 0 Å². The highest BCUT2D eigenvalue weighted by Gasteiger charge is 2.33. The molecule has 60 valence electrons. The van der Waals surface area contributed by atoms with E-state index in [9.17, 15) is 10.2 Å². The van der Waals surface area contributed by atoms with Crippen molar-refractivity contribution >= 4 is 0 Å². The van der Waals surface area contributed by atoms with Gasteiger partial charge in [0.25, 0.3) is 0 Å². The molecular formula is C7H14O3. The summed E-state index contributed by atoms with van der Waals surface area (Å²) in [6.07, 6.45) is 0.477. The molecule has 2 N–H and O–H groups in total. The van der Waals surface area contributed by atoms with Crippen LogP contribution < -0.4 is 0 Å². The molecule has 3 atom stereocenters. The van der Waals surface area contributed by atoms with Crippen molar-refractivity contribution in [2.24, 2.45) is 0 Å². The van der Waals surface area contributed by atoms with Gasteiger partial charge in [-0.25, -0.2) is 0 Å². The van der Waals surface area contributed by atoms with Gasteiger partial charge in [0.05, 0.1) is 12.2 Å². The van der Waals surface area contributed by atoms with Crippen LogP contribution in [0.3, 0.4) is 0 Å². The van der Waals surface area contributed by atoms with Gasteiger partial charge in [-0.05, 0) is 20.3 Å². The van der Waals surface area contributed by atoms with Gasteiger partial charge in [-0.2, -0.15) is 0 Å². The highest BCUT2D eigenvalue weighted by molar-refractivity contribution is 4.76. The first kappa shape index (κ1) is 7.98. The molecular weight excluding hydrogens is 132 g/mol. The monoisotopic (exact) mass is 146 g/mol. The molecule has 1 heterocycles. The Balaban J connectivity index is 2.51. The summed E-state index contributed by atoms with van der Waals surface area (Å²) < 4.78 is 5.14. The van der Waals surface area contributed by atoms with Crippen molar-refractivity contribution in [3.05, 3.63) is 0 Å². The molecule has 1 saturated heterocycles. The zero-order chi connectivity index (χ0) is 7.78. The Morgan fingerprint density at radius 3 is 2.60 bits per heavy atom. The second-order valence-electron chi connectivity index (χ2n) is 3.20. The number of aliphatic hydroxyl groups is 2. The molecule has 0 amide bonds. The van der Waals surface area contributed by atoms with E-state index in [1.54, 1.807) is 6.92 Å². The third-order valence-electron chi connectivity index (χ3n) is 1.67. The average molecular weight is 146 g/mol. The van der Waals surface area contributed by atoms with E-state index in [0.29, 0.717) is 12.8 Å². The minimum absolute atomic E-state index is 0.0428. The molecule has 0 aromatic rings. The van der Waals surface area contributed by atoms with Crippen molar-refractivity contribution in [1.82, 2.24) is 0 Å². The van der Waals surface area contributed by atoms with Gasteiger partial charge in [-0.1, -0.05) is 0 Å². The van der Waals surface area contributed by atoms with Gasteiger partial charge in [0, 0.05) is 6.42 Å². The van der Waals surface area contributed by atoms with Crippen LogP contribution in [0.1, 0.15) is 26.7 Å². The third-order valence-corrected chi connectivity index (χ3v) is 1.67. The summed E-state index contributed by atoms with van der Waals surface area (Å²) in [5, 5.41) is 18.5. The predicted octanol–water partition coefficient (Wildman–Crippen LogP) is 0.255. The van der Waals surface area contributed by atoms with Crippen molar-refractivity contribution in [1.29, 1.82) is 0 Å². The molecule has 1 unspecified atom stereocenters. The molecule has 0 spiro atoms. The number of ether oxygens (including phenoxy) is 1. The highest BCUT2D eigenvalue weighted by atomic mass is 16.6. The Bertz CT molecular complexity index is 110. The fourth-order valence-corrected chi connectivity index (χ4v) is 1.43. The zero-order valence-corrected chi connectivity index (χ0v) is 6.37. The maximum absolute atomic E-state index is 9.33. The van der Waals surface area contributed by atoms with Crippen LogP contribution in [0, 0.1) is 0 Å². The minimum Gasteiger partial charge on any atom is -0.393 e. The first-order chi connectivity index (χ1) is 4.49. The van der Waals surface area contributed by atoms with Crippen molar-refractivity contribution in [2.75, 3.05) is 0 Å². The molecule has 0 aliphatic carbocycles. The predicted molar refractivity (Wildman–Crippen MR) is 36.4 cm³/mol. The van der Waals surface area contributed by atoms with Gasteiger partial charge in [0.2, 0.25) is 0 Å². The Labute approximate surface area is 60.6 Å². The molecule has 0 bridgehead atoms. The van der Waals surface area contributed by atoms with E-state index in [2.05, 4.69) is 0 Å². The average Bonchev–Trinajstić information content (AvgIpc) is 1.54. The van der Waals surface area contributed by atoms with E-state index >= 15 is 0 Å². The van der Waals surface area contributed by atoms with Crippen LogP contribution in [0.15, 0.2) is 0 Å². The fourth-order valence-electron chi connectivity index (χ4n) is 1.43. The minimum atomic E-state index is -1.13. The third kappa shape index (κ3) is 1.94. The molecule has 1 aliphatic rings. The largest absolute Gasteiger partial charge is 0.393 e. The van der Waals surface area contributed by atoms with Crippen molar-refractivity contribution in [2.45, 2.75) is 44.7 Å². The van der Waals surface area contributed by atoms with Crippen molar-refractivity contribution < 1.29 is 14.9 Å². The molecule has 1 fully saturated rings. The first-order valence-corrected chi connectivity index (χ1v) is 3.58. The van der Waals surface area contributed by atoms with Gasteiger partial charge in [-0.15, -0.1) is 0 Å². The van der Waals surface area contributed by atoms with Crippen molar-refractivity contribution in [3.63, 3.8) is 0 Å². The summed E-state index contributed by atoms with van der Waals surface area (Å²) >= 11 is 0. The topological polar surface area (TPSA) is 49.7 Å². The molecule has 10 heavy (non-hydrogen) atoms. The molecule has 3 heteroatoms.